The molecule has 4 heteroatoms. The maximum absolute atomic E-state index is 12.2. The van der Waals surface area contributed by atoms with E-state index in [1.54, 1.807) is 48.5 Å². The van der Waals surface area contributed by atoms with Gasteiger partial charge in [-0.05, 0) is 30.3 Å². The zero-order valence-electron chi connectivity index (χ0n) is 8.80. The number of aldehydes is 1. The molecule has 0 radical (unpaired) electrons. The molecule has 17 heavy (non-hydrogen) atoms. The standard InChI is InChI=1S/C13H9ClO2S/c14-11-2-1-3-13(8-11)17(16)12-6-4-10(9-15)5-7-12/h1-9H. The highest BCUT2D eigenvalue weighted by Crippen LogP contribution is 2.19. The van der Waals surface area contributed by atoms with Crippen molar-refractivity contribution < 1.29 is 9.00 Å². The van der Waals surface area contributed by atoms with Crippen LogP contribution in [0.15, 0.2) is 58.3 Å². The van der Waals surface area contributed by atoms with Gasteiger partial charge >= 0.3 is 0 Å². The van der Waals surface area contributed by atoms with Crippen molar-refractivity contribution in [1.29, 1.82) is 0 Å². The molecule has 0 spiro atoms. The lowest BCUT2D eigenvalue weighted by molar-refractivity contribution is 0.112. The molecule has 0 bridgehead atoms. The van der Waals surface area contributed by atoms with Gasteiger partial charge in [-0.2, -0.15) is 0 Å². The summed E-state index contributed by atoms with van der Waals surface area (Å²) in [5.74, 6) is 0. The van der Waals surface area contributed by atoms with Gasteiger partial charge in [-0.1, -0.05) is 29.8 Å². The lowest BCUT2D eigenvalue weighted by atomic mass is 10.2. The number of carbonyl (C=O) groups excluding carboxylic acids is 1. The van der Waals surface area contributed by atoms with Gasteiger partial charge in [0, 0.05) is 20.4 Å². The van der Waals surface area contributed by atoms with Gasteiger partial charge in [-0.25, -0.2) is 4.21 Å². The molecular formula is C13H9ClO2S. The second kappa shape index (κ2) is 5.25. The average molecular weight is 265 g/mol. The molecule has 2 rings (SSSR count). The first kappa shape index (κ1) is 12.0. The summed E-state index contributed by atoms with van der Waals surface area (Å²) < 4.78 is 12.2. The molecule has 2 aromatic carbocycles. The van der Waals surface area contributed by atoms with Crippen LogP contribution in [0.25, 0.3) is 0 Å². The Morgan fingerprint density at radius 3 is 2.29 bits per heavy atom. The number of carbonyl (C=O) groups is 1. The van der Waals surface area contributed by atoms with Crippen LogP contribution in [-0.2, 0) is 10.8 Å². The summed E-state index contributed by atoms with van der Waals surface area (Å²) in [6.07, 6.45) is 0.756. The smallest absolute Gasteiger partial charge is 0.150 e. The molecule has 1 unspecified atom stereocenters. The maximum atomic E-state index is 12.2. The topological polar surface area (TPSA) is 34.1 Å². The molecule has 0 aliphatic carbocycles. The minimum atomic E-state index is -1.27. The molecule has 0 saturated carbocycles. The second-order valence-corrected chi connectivity index (χ2v) is 5.33. The number of halogens is 1. The largest absolute Gasteiger partial charge is 0.298 e. The summed E-state index contributed by atoms with van der Waals surface area (Å²) in [4.78, 5) is 11.8. The lowest BCUT2D eigenvalue weighted by Crippen LogP contribution is -1.93. The van der Waals surface area contributed by atoms with Crippen LogP contribution in [-0.4, -0.2) is 10.5 Å². The van der Waals surface area contributed by atoms with Crippen LogP contribution >= 0.6 is 11.6 Å². The van der Waals surface area contributed by atoms with E-state index in [1.807, 2.05) is 0 Å². The van der Waals surface area contributed by atoms with Crippen molar-refractivity contribution >= 4 is 28.7 Å². The molecule has 86 valence electrons. The minimum absolute atomic E-state index is 0.556. The van der Waals surface area contributed by atoms with Gasteiger partial charge in [0.1, 0.15) is 6.29 Å². The molecule has 0 aliphatic rings. The van der Waals surface area contributed by atoms with Crippen molar-refractivity contribution in [3.8, 4) is 0 Å². The lowest BCUT2D eigenvalue weighted by Gasteiger charge is -2.02. The Kier molecular flexibility index (Phi) is 3.71. The number of hydrogen-bond donors (Lipinski definition) is 0. The van der Waals surface area contributed by atoms with E-state index < -0.39 is 10.8 Å². The van der Waals surface area contributed by atoms with E-state index in [0.717, 1.165) is 6.29 Å². The number of benzene rings is 2. The van der Waals surface area contributed by atoms with Gasteiger partial charge in [0.05, 0.1) is 10.8 Å². The van der Waals surface area contributed by atoms with Gasteiger partial charge in [-0.3, -0.25) is 4.79 Å². The second-order valence-electron chi connectivity index (χ2n) is 3.41. The molecule has 0 aliphatic heterocycles. The van der Waals surface area contributed by atoms with E-state index in [0.29, 0.717) is 20.4 Å². The molecule has 0 N–H and O–H groups in total. The van der Waals surface area contributed by atoms with Crippen molar-refractivity contribution in [1.82, 2.24) is 0 Å². The first-order valence-corrected chi connectivity index (χ1v) is 6.46. The van der Waals surface area contributed by atoms with Crippen LogP contribution in [0.3, 0.4) is 0 Å². The van der Waals surface area contributed by atoms with Gasteiger partial charge in [0.25, 0.3) is 0 Å². The van der Waals surface area contributed by atoms with Crippen LogP contribution in [0.1, 0.15) is 10.4 Å². The summed E-state index contributed by atoms with van der Waals surface area (Å²) in [7, 11) is -1.27. The molecule has 0 amide bonds. The predicted octanol–water partition coefficient (Wildman–Crippen LogP) is 3.32. The first-order valence-electron chi connectivity index (χ1n) is 4.93. The van der Waals surface area contributed by atoms with E-state index >= 15 is 0 Å². The molecule has 1 atom stereocenters. The normalized spacial score (nSPS) is 12.1. The third-order valence-electron chi connectivity index (χ3n) is 2.24. The third kappa shape index (κ3) is 2.81. The highest BCUT2D eigenvalue weighted by molar-refractivity contribution is 7.85. The Morgan fingerprint density at radius 2 is 1.71 bits per heavy atom. The monoisotopic (exact) mass is 264 g/mol. The third-order valence-corrected chi connectivity index (χ3v) is 3.86. The molecule has 0 heterocycles. The SMILES string of the molecule is O=Cc1ccc(S(=O)c2cccc(Cl)c2)cc1. The van der Waals surface area contributed by atoms with E-state index in [1.165, 1.54) is 0 Å². The Hall–Kier alpha value is -1.45. The van der Waals surface area contributed by atoms with Crippen molar-refractivity contribution in [3.05, 3.63) is 59.1 Å². The van der Waals surface area contributed by atoms with Crippen LogP contribution in [0.5, 0.6) is 0 Å². The summed E-state index contributed by atoms with van der Waals surface area (Å²) >= 11 is 5.84. The number of hydrogen-bond acceptors (Lipinski definition) is 2. The summed E-state index contributed by atoms with van der Waals surface area (Å²) in [6.45, 7) is 0. The molecule has 0 aromatic heterocycles. The fourth-order valence-electron chi connectivity index (χ4n) is 1.39. The van der Waals surface area contributed by atoms with E-state index in [2.05, 4.69) is 0 Å². The Labute approximate surface area is 107 Å². The molecule has 2 aromatic rings. The van der Waals surface area contributed by atoms with Gasteiger partial charge in [-0.15, -0.1) is 0 Å². The minimum Gasteiger partial charge on any atom is -0.298 e. The molecular weight excluding hydrogens is 256 g/mol. The Bertz CT molecular complexity index is 564. The van der Waals surface area contributed by atoms with Crippen molar-refractivity contribution in [2.24, 2.45) is 0 Å². The average Bonchev–Trinajstić information content (AvgIpc) is 2.38. The highest BCUT2D eigenvalue weighted by Gasteiger charge is 2.07. The zero-order chi connectivity index (χ0) is 12.3. The zero-order valence-corrected chi connectivity index (χ0v) is 10.4. The molecule has 0 fully saturated rings. The maximum Gasteiger partial charge on any atom is 0.150 e. The molecule has 2 nitrogen and oxygen atoms in total. The van der Waals surface area contributed by atoms with Crippen LogP contribution < -0.4 is 0 Å². The predicted molar refractivity (Wildman–Crippen MR) is 68.0 cm³/mol. The summed E-state index contributed by atoms with van der Waals surface area (Å²) in [5.41, 5.74) is 0.567. The number of rotatable bonds is 3. The molecule has 0 saturated heterocycles. The van der Waals surface area contributed by atoms with Crippen LogP contribution in [0, 0.1) is 0 Å². The van der Waals surface area contributed by atoms with Crippen LogP contribution in [0.4, 0.5) is 0 Å². The van der Waals surface area contributed by atoms with Crippen molar-refractivity contribution in [3.63, 3.8) is 0 Å². The van der Waals surface area contributed by atoms with E-state index in [9.17, 15) is 9.00 Å². The highest BCUT2D eigenvalue weighted by atomic mass is 35.5. The van der Waals surface area contributed by atoms with Gasteiger partial charge < -0.3 is 0 Å². The van der Waals surface area contributed by atoms with E-state index in [-0.39, 0.29) is 0 Å². The summed E-state index contributed by atoms with van der Waals surface area (Å²) in [5, 5.41) is 0.556. The quantitative estimate of drug-likeness (QED) is 0.797. The van der Waals surface area contributed by atoms with Crippen molar-refractivity contribution in [2.75, 3.05) is 0 Å². The fraction of sp³-hybridized carbons (Fsp3) is 0. The Morgan fingerprint density at radius 1 is 1.00 bits per heavy atom. The fourth-order valence-corrected chi connectivity index (χ4v) is 2.73. The van der Waals surface area contributed by atoms with Gasteiger partial charge in [0.2, 0.25) is 0 Å². The first-order chi connectivity index (χ1) is 8.20. The van der Waals surface area contributed by atoms with Gasteiger partial charge in [0.15, 0.2) is 0 Å². The Balaban J connectivity index is 2.33. The van der Waals surface area contributed by atoms with Crippen molar-refractivity contribution in [2.45, 2.75) is 9.79 Å². The van der Waals surface area contributed by atoms with Crippen LogP contribution in [0.2, 0.25) is 5.02 Å². The summed E-state index contributed by atoms with van der Waals surface area (Å²) in [6, 6.07) is 13.6. The van der Waals surface area contributed by atoms with E-state index in [4.69, 9.17) is 11.6 Å².